The zero-order chi connectivity index (χ0) is 22.2. The first kappa shape index (κ1) is 26.2. The van der Waals surface area contributed by atoms with E-state index in [9.17, 15) is 9.90 Å². The number of rotatable bonds is 11. The molecule has 0 amide bonds. The average Bonchev–Trinajstić information content (AvgIpc) is 3.15. The van der Waals surface area contributed by atoms with E-state index in [-0.39, 0.29) is 20.3 Å². The molecule has 0 aliphatic carbocycles. The summed E-state index contributed by atoms with van der Waals surface area (Å²) in [6.07, 6.45) is 1.59. The third kappa shape index (κ3) is 6.95. The summed E-state index contributed by atoms with van der Waals surface area (Å²) < 4.78 is 13.5. The summed E-state index contributed by atoms with van der Waals surface area (Å²) >= 11 is 1.74. The molecule has 5 nitrogen and oxygen atoms in total. The van der Waals surface area contributed by atoms with E-state index in [1.54, 1.807) is 18.7 Å². The van der Waals surface area contributed by atoms with E-state index in [1.807, 2.05) is 24.3 Å². The molecule has 1 unspecified atom stereocenters. The quantitative estimate of drug-likeness (QED) is 0.361. The SMILES string of the molecule is CCOC(Cc1ccc(OCCn2c(C)ccc2-c2ccc(SC)cc2)cc1)C(=O)O.[H-].[Li+]. The molecule has 0 radical (unpaired) electrons. The van der Waals surface area contributed by atoms with Crippen molar-refractivity contribution >= 4 is 17.7 Å². The summed E-state index contributed by atoms with van der Waals surface area (Å²) in [4.78, 5) is 12.5. The topological polar surface area (TPSA) is 60.7 Å². The molecule has 32 heavy (non-hydrogen) atoms. The first-order valence-corrected chi connectivity index (χ1v) is 11.6. The average molecular weight is 448 g/mol. The fourth-order valence-electron chi connectivity index (χ4n) is 3.49. The van der Waals surface area contributed by atoms with Crippen molar-refractivity contribution in [2.45, 2.75) is 37.8 Å². The van der Waals surface area contributed by atoms with E-state index in [0.717, 1.165) is 17.9 Å². The van der Waals surface area contributed by atoms with Crippen LogP contribution in [0.15, 0.2) is 65.6 Å². The van der Waals surface area contributed by atoms with Crippen molar-refractivity contribution in [1.29, 1.82) is 0 Å². The number of carboxylic acid groups (broad SMARTS) is 1. The third-order valence-electron chi connectivity index (χ3n) is 5.16. The van der Waals surface area contributed by atoms with Gasteiger partial charge in [-0.05, 0) is 67.6 Å². The summed E-state index contributed by atoms with van der Waals surface area (Å²) in [5.74, 6) is -0.175. The van der Waals surface area contributed by atoms with E-state index in [1.165, 1.54) is 21.8 Å². The number of aryl methyl sites for hydroxylation is 1. The van der Waals surface area contributed by atoms with Crippen LogP contribution in [0, 0.1) is 6.92 Å². The molecular weight excluding hydrogens is 417 g/mol. The Kier molecular flexibility index (Phi) is 10.5. The molecule has 0 aliphatic heterocycles. The molecule has 1 N–H and O–H groups in total. The predicted octanol–water partition coefficient (Wildman–Crippen LogP) is 2.41. The van der Waals surface area contributed by atoms with Gasteiger partial charge in [0.2, 0.25) is 0 Å². The van der Waals surface area contributed by atoms with Crippen molar-refractivity contribution in [3.05, 3.63) is 71.9 Å². The second-order valence-electron chi connectivity index (χ2n) is 7.22. The molecule has 2 aromatic carbocycles. The maximum Gasteiger partial charge on any atom is 1.00 e. The summed E-state index contributed by atoms with van der Waals surface area (Å²) in [7, 11) is 0. The third-order valence-corrected chi connectivity index (χ3v) is 5.90. The molecule has 3 aromatic rings. The van der Waals surface area contributed by atoms with Gasteiger partial charge in [0.05, 0.1) is 6.54 Å². The second-order valence-corrected chi connectivity index (χ2v) is 8.10. The van der Waals surface area contributed by atoms with Gasteiger partial charge in [0.1, 0.15) is 12.4 Å². The molecule has 1 aromatic heterocycles. The van der Waals surface area contributed by atoms with Crippen molar-refractivity contribution in [2.24, 2.45) is 0 Å². The fraction of sp³-hybridized carbons (Fsp3) is 0.320. The van der Waals surface area contributed by atoms with Crippen LogP contribution in [0.3, 0.4) is 0 Å². The van der Waals surface area contributed by atoms with Crippen molar-refractivity contribution in [3.8, 4) is 17.0 Å². The number of nitrogens with zero attached hydrogens (tertiary/aromatic N) is 1. The van der Waals surface area contributed by atoms with Gasteiger partial charge in [0.15, 0.2) is 6.10 Å². The van der Waals surface area contributed by atoms with E-state index >= 15 is 0 Å². The van der Waals surface area contributed by atoms with Crippen LogP contribution in [0.1, 0.15) is 19.6 Å². The number of hydrogen-bond acceptors (Lipinski definition) is 4. The van der Waals surface area contributed by atoms with Gasteiger partial charge < -0.3 is 20.6 Å². The number of hydrogen-bond donors (Lipinski definition) is 1. The molecule has 0 bridgehead atoms. The zero-order valence-corrected chi connectivity index (χ0v) is 20.0. The number of ether oxygens (including phenoxy) is 2. The van der Waals surface area contributed by atoms with Gasteiger partial charge >= 0.3 is 24.8 Å². The number of carboxylic acids is 1. The molecule has 0 saturated heterocycles. The minimum absolute atomic E-state index is 0. The van der Waals surface area contributed by atoms with Gasteiger partial charge in [-0.1, -0.05) is 24.3 Å². The van der Waals surface area contributed by atoms with Crippen LogP contribution in [0.4, 0.5) is 0 Å². The Morgan fingerprint density at radius 2 is 1.78 bits per heavy atom. The fourth-order valence-corrected chi connectivity index (χ4v) is 3.90. The summed E-state index contributed by atoms with van der Waals surface area (Å²) in [5.41, 5.74) is 4.47. The molecule has 1 atom stereocenters. The smallest absolute Gasteiger partial charge is 1.00 e. The Labute approximate surface area is 207 Å². The Balaban J connectivity index is 0.00000272. The van der Waals surface area contributed by atoms with Crippen LogP contribution in [-0.4, -0.2) is 41.2 Å². The van der Waals surface area contributed by atoms with Crippen molar-refractivity contribution in [3.63, 3.8) is 0 Å². The maximum absolute atomic E-state index is 11.3. The van der Waals surface area contributed by atoms with Gasteiger partial charge in [0, 0.05) is 29.3 Å². The van der Waals surface area contributed by atoms with Gasteiger partial charge in [0.25, 0.3) is 0 Å². The molecule has 166 valence electrons. The van der Waals surface area contributed by atoms with Crippen molar-refractivity contribution in [1.82, 2.24) is 4.57 Å². The minimum Gasteiger partial charge on any atom is -1.00 e. The molecular formula is C25H30LiNO4S. The number of thioether (sulfide) groups is 1. The van der Waals surface area contributed by atoms with Crippen LogP contribution >= 0.6 is 11.8 Å². The largest absolute Gasteiger partial charge is 1.00 e. The first-order chi connectivity index (χ1) is 15.0. The first-order valence-electron chi connectivity index (χ1n) is 10.4. The monoisotopic (exact) mass is 447 g/mol. The molecule has 3 rings (SSSR count). The Hall–Kier alpha value is -2.10. The summed E-state index contributed by atoms with van der Waals surface area (Å²) in [6, 6.07) is 20.4. The Morgan fingerprint density at radius 3 is 2.38 bits per heavy atom. The summed E-state index contributed by atoms with van der Waals surface area (Å²) in [5, 5.41) is 9.23. The minimum atomic E-state index is -0.942. The Morgan fingerprint density at radius 1 is 1.09 bits per heavy atom. The van der Waals surface area contributed by atoms with Gasteiger partial charge in [-0.25, -0.2) is 4.79 Å². The van der Waals surface area contributed by atoms with Crippen LogP contribution in [0.5, 0.6) is 5.75 Å². The van der Waals surface area contributed by atoms with Crippen LogP contribution in [0.2, 0.25) is 0 Å². The summed E-state index contributed by atoms with van der Waals surface area (Å²) in [6.45, 7) is 5.56. The van der Waals surface area contributed by atoms with Crippen LogP contribution in [-0.2, 0) is 22.5 Å². The molecule has 7 heteroatoms. The molecule has 0 aliphatic rings. The molecule has 0 saturated carbocycles. The van der Waals surface area contributed by atoms with Gasteiger partial charge in [-0.3, -0.25) is 0 Å². The number of benzene rings is 2. The number of aromatic nitrogens is 1. The second kappa shape index (κ2) is 12.8. The normalized spacial score (nSPS) is 11.6. The van der Waals surface area contributed by atoms with Crippen LogP contribution < -0.4 is 23.6 Å². The van der Waals surface area contributed by atoms with E-state index < -0.39 is 12.1 Å². The van der Waals surface area contributed by atoms with Gasteiger partial charge in [-0.15, -0.1) is 11.8 Å². The molecule has 0 spiro atoms. The maximum atomic E-state index is 11.3. The van der Waals surface area contributed by atoms with Crippen LogP contribution in [0.25, 0.3) is 11.3 Å². The molecule has 1 heterocycles. The molecule has 0 fully saturated rings. The number of carbonyl (C=O) groups is 1. The number of aliphatic carboxylic acids is 1. The van der Waals surface area contributed by atoms with Crippen molar-refractivity contribution in [2.75, 3.05) is 19.5 Å². The van der Waals surface area contributed by atoms with E-state index in [2.05, 4.69) is 54.1 Å². The Bertz CT molecular complexity index is 993. The zero-order valence-electron chi connectivity index (χ0n) is 20.2. The van der Waals surface area contributed by atoms with E-state index in [0.29, 0.717) is 19.6 Å². The predicted molar refractivity (Wildman–Crippen MR) is 126 cm³/mol. The standard InChI is InChI=1S/C25H29NO4S.Li.H/c1-4-29-24(25(27)28)17-19-6-10-21(11-7-19)30-16-15-26-18(2)5-14-23(26)20-8-12-22(31-3)13-9-20;;/h5-14,24H,4,15-17H2,1-3H3,(H,27,28);;/q;+1;-1. The van der Waals surface area contributed by atoms with E-state index in [4.69, 9.17) is 9.47 Å². The van der Waals surface area contributed by atoms with Gasteiger partial charge in [-0.2, -0.15) is 0 Å². The van der Waals surface area contributed by atoms with Crippen molar-refractivity contribution < 1.29 is 39.7 Å².